The molecule has 8 heteroatoms. The van der Waals surface area contributed by atoms with Gasteiger partial charge in [0.2, 0.25) is 5.91 Å². The van der Waals surface area contributed by atoms with Gasteiger partial charge in [-0.1, -0.05) is 30.3 Å². The molecule has 31 heavy (non-hydrogen) atoms. The Morgan fingerprint density at radius 3 is 2.35 bits per heavy atom. The van der Waals surface area contributed by atoms with Crippen molar-refractivity contribution in [3.05, 3.63) is 78.9 Å². The summed E-state index contributed by atoms with van der Waals surface area (Å²) in [5, 5.41) is 5.42. The number of nitrogens with zero attached hydrogens (tertiary/aromatic N) is 4. The van der Waals surface area contributed by atoms with Crippen molar-refractivity contribution in [3.8, 4) is 0 Å². The number of para-hydroxylation sites is 1. The first-order valence-electron chi connectivity index (χ1n) is 10.3. The molecule has 0 spiro atoms. The number of carbonyl (C=O) groups excluding carboxylic acids is 2. The van der Waals surface area contributed by atoms with E-state index >= 15 is 0 Å². The van der Waals surface area contributed by atoms with Crippen LogP contribution in [0.5, 0.6) is 0 Å². The SMILES string of the molecule is O=C(NCC(=O)N1CCN(c2ccccc2)CC1)Nc1ccc(Cn2ccnc2)cc1. The highest BCUT2D eigenvalue weighted by Gasteiger charge is 2.21. The average molecular weight is 419 g/mol. The Morgan fingerprint density at radius 2 is 1.68 bits per heavy atom. The van der Waals surface area contributed by atoms with Gasteiger partial charge >= 0.3 is 6.03 Å². The summed E-state index contributed by atoms with van der Waals surface area (Å²) in [6.45, 7) is 3.57. The van der Waals surface area contributed by atoms with E-state index in [9.17, 15) is 9.59 Å². The molecule has 1 aromatic heterocycles. The molecule has 2 heterocycles. The lowest BCUT2D eigenvalue weighted by atomic mass is 10.2. The second kappa shape index (κ2) is 9.80. The van der Waals surface area contributed by atoms with Crippen LogP contribution in [0.3, 0.4) is 0 Å². The van der Waals surface area contributed by atoms with Gasteiger partial charge in [0.15, 0.2) is 0 Å². The quantitative estimate of drug-likeness (QED) is 0.644. The molecule has 1 saturated heterocycles. The lowest BCUT2D eigenvalue weighted by Gasteiger charge is -2.36. The number of urea groups is 1. The number of nitrogens with one attached hydrogen (secondary N) is 2. The first-order chi connectivity index (χ1) is 15.2. The van der Waals surface area contributed by atoms with Gasteiger partial charge in [0.25, 0.3) is 0 Å². The molecular formula is C23H26N6O2. The number of aromatic nitrogens is 2. The van der Waals surface area contributed by atoms with Crippen molar-refractivity contribution in [3.63, 3.8) is 0 Å². The number of hydrogen-bond acceptors (Lipinski definition) is 4. The predicted molar refractivity (Wildman–Crippen MR) is 120 cm³/mol. The van der Waals surface area contributed by atoms with Crippen LogP contribution in [0.1, 0.15) is 5.56 Å². The van der Waals surface area contributed by atoms with Gasteiger partial charge in [-0.3, -0.25) is 4.79 Å². The Labute approximate surface area is 181 Å². The van der Waals surface area contributed by atoms with Crippen LogP contribution >= 0.6 is 0 Å². The fourth-order valence-corrected chi connectivity index (χ4v) is 3.58. The van der Waals surface area contributed by atoms with E-state index in [4.69, 9.17) is 0 Å². The molecule has 2 N–H and O–H groups in total. The van der Waals surface area contributed by atoms with Gasteiger partial charge in [0, 0.05) is 56.5 Å². The smallest absolute Gasteiger partial charge is 0.319 e. The standard InChI is InChI=1S/C23H26N6O2/c30-22(29-14-12-28(13-15-29)21-4-2-1-3-5-21)16-25-23(31)26-20-8-6-19(7-9-20)17-27-11-10-24-18-27/h1-11,18H,12-17H2,(H2,25,26,31). The molecule has 0 aliphatic carbocycles. The van der Waals surface area contributed by atoms with E-state index in [0.29, 0.717) is 18.8 Å². The Kier molecular flexibility index (Phi) is 6.47. The van der Waals surface area contributed by atoms with Crippen molar-refractivity contribution < 1.29 is 9.59 Å². The third-order valence-corrected chi connectivity index (χ3v) is 5.29. The number of piperazine rings is 1. The summed E-state index contributed by atoms with van der Waals surface area (Å²) in [6.07, 6.45) is 5.40. The molecular weight excluding hydrogens is 392 g/mol. The molecule has 1 fully saturated rings. The van der Waals surface area contributed by atoms with Gasteiger partial charge in [-0.05, 0) is 29.8 Å². The van der Waals surface area contributed by atoms with Gasteiger partial charge in [0.1, 0.15) is 0 Å². The topological polar surface area (TPSA) is 82.5 Å². The van der Waals surface area contributed by atoms with Crippen molar-refractivity contribution in [2.75, 3.05) is 42.9 Å². The Balaban J connectivity index is 1.19. The van der Waals surface area contributed by atoms with E-state index in [-0.39, 0.29) is 12.5 Å². The Morgan fingerprint density at radius 1 is 0.935 bits per heavy atom. The highest BCUT2D eigenvalue weighted by Crippen LogP contribution is 2.15. The van der Waals surface area contributed by atoms with Crippen LogP contribution in [0.25, 0.3) is 0 Å². The summed E-state index contributed by atoms with van der Waals surface area (Å²) >= 11 is 0. The van der Waals surface area contributed by atoms with E-state index in [1.165, 1.54) is 5.69 Å². The minimum absolute atomic E-state index is 0.0180. The summed E-state index contributed by atoms with van der Waals surface area (Å²) in [7, 11) is 0. The monoisotopic (exact) mass is 418 g/mol. The number of imidazole rings is 1. The maximum atomic E-state index is 12.5. The molecule has 8 nitrogen and oxygen atoms in total. The maximum absolute atomic E-state index is 12.5. The van der Waals surface area contributed by atoms with Crippen molar-refractivity contribution in [1.82, 2.24) is 19.8 Å². The minimum atomic E-state index is -0.390. The zero-order chi connectivity index (χ0) is 21.5. The third-order valence-electron chi connectivity index (χ3n) is 5.29. The highest BCUT2D eigenvalue weighted by atomic mass is 16.2. The second-order valence-electron chi connectivity index (χ2n) is 7.44. The molecule has 3 amide bonds. The number of hydrogen-bond donors (Lipinski definition) is 2. The van der Waals surface area contributed by atoms with Crippen LogP contribution in [0.15, 0.2) is 73.3 Å². The van der Waals surface area contributed by atoms with Crippen LogP contribution in [0.2, 0.25) is 0 Å². The fraction of sp³-hybridized carbons (Fsp3) is 0.261. The molecule has 0 bridgehead atoms. The van der Waals surface area contributed by atoms with Gasteiger partial charge in [-0.2, -0.15) is 0 Å². The van der Waals surface area contributed by atoms with E-state index in [1.54, 1.807) is 17.4 Å². The molecule has 160 valence electrons. The molecule has 0 atom stereocenters. The van der Waals surface area contributed by atoms with Gasteiger partial charge in [-0.15, -0.1) is 0 Å². The largest absolute Gasteiger partial charge is 0.368 e. The number of amides is 3. The molecule has 0 unspecified atom stereocenters. The summed E-state index contributed by atoms with van der Waals surface area (Å²) in [6, 6.07) is 17.4. The summed E-state index contributed by atoms with van der Waals surface area (Å²) in [5.74, 6) is -0.0708. The minimum Gasteiger partial charge on any atom is -0.368 e. The van der Waals surface area contributed by atoms with Gasteiger partial charge in [-0.25, -0.2) is 9.78 Å². The molecule has 0 saturated carbocycles. The zero-order valence-corrected chi connectivity index (χ0v) is 17.3. The second-order valence-corrected chi connectivity index (χ2v) is 7.44. The number of anilines is 2. The van der Waals surface area contributed by atoms with Crippen LogP contribution in [0.4, 0.5) is 16.2 Å². The van der Waals surface area contributed by atoms with Crippen LogP contribution in [-0.4, -0.2) is 59.1 Å². The molecule has 1 aliphatic rings. The zero-order valence-electron chi connectivity index (χ0n) is 17.3. The molecule has 2 aromatic carbocycles. The average Bonchev–Trinajstić information content (AvgIpc) is 3.32. The molecule has 4 rings (SSSR count). The van der Waals surface area contributed by atoms with Crippen molar-refractivity contribution in [2.45, 2.75) is 6.54 Å². The summed E-state index contributed by atoms with van der Waals surface area (Å²) in [5.41, 5.74) is 2.95. The number of benzene rings is 2. The lowest BCUT2D eigenvalue weighted by Crippen LogP contribution is -2.51. The highest BCUT2D eigenvalue weighted by molar-refractivity contribution is 5.92. The normalized spacial score (nSPS) is 13.7. The first kappa shape index (κ1) is 20.5. The predicted octanol–water partition coefficient (Wildman–Crippen LogP) is 2.40. The van der Waals surface area contributed by atoms with E-state index < -0.39 is 6.03 Å². The van der Waals surface area contributed by atoms with Crippen LogP contribution < -0.4 is 15.5 Å². The van der Waals surface area contributed by atoms with Crippen molar-refractivity contribution >= 4 is 23.3 Å². The molecule has 0 radical (unpaired) electrons. The number of carbonyl (C=O) groups is 2. The van der Waals surface area contributed by atoms with Gasteiger partial charge < -0.3 is 25.0 Å². The van der Waals surface area contributed by atoms with E-state index in [2.05, 4.69) is 32.7 Å². The lowest BCUT2D eigenvalue weighted by molar-refractivity contribution is -0.130. The van der Waals surface area contributed by atoms with Gasteiger partial charge in [0.05, 0.1) is 12.9 Å². The summed E-state index contributed by atoms with van der Waals surface area (Å²) in [4.78, 5) is 32.7. The van der Waals surface area contributed by atoms with E-state index in [0.717, 1.165) is 25.2 Å². The first-order valence-corrected chi connectivity index (χ1v) is 10.3. The van der Waals surface area contributed by atoms with Crippen molar-refractivity contribution in [1.29, 1.82) is 0 Å². The van der Waals surface area contributed by atoms with Crippen molar-refractivity contribution in [2.24, 2.45) is 0 Å². The van der Waals surface area contributed by atoms with E-state index in [1.807, 2.05) is 53.2 Å². The molecule has 1 aliphatic heterocycles. The maximum Gasteiger partial charge on any atom is 0.319 e. The fourth-order valence-electron chi connectivity index (χ4n) is 3.58. The Bertz CT molecular complexity index is 981. The van der Waals surface area contributed by atoms with Crippen LogP contribution in [-0.2, 0) is 11.3 Å². The summed E-state index contributed by atoms with van der Waals surface area (Å²) < 4.78 is 1.97. The Hall–Kier alpha value is -3.81. The molecule has 3 aromatic rings. The number of rotatable bonds is 6. The third kappa shape index (κ3) is 5.63. The van der Waals surface area contributed by atoms with Crippen LogP contribution in [0, 0.1) is 0 Å².